The van der Waals surface area contributed by atoms with Crippen molar-refractivity contribution in [1.29, 1.82) is 0 Å². The van der Waals surface area contributed by atoms with Crippen molar-refractivity contribution < 1.29 is 24.2 Å². The molecule has 1 spiro atoms. The number of nitrogens with zero attached hydrogens (tertiary/aromatic N) is 3. The minimum atomic E-state index is -1.18. The van der Waals surface area contributed by atoms with Crippen LogP contribution >= 0.6 is 0 Å². The molecule has 3 heterocycles. The average molecular weight is 614 g/mol. The molecule has 240 valence electrons. The van der Waals surface area contributed by atoms with E-state index in [1.165, 1.54) is 0 Å². The fraction of sp³-hybridized carbons (Fsp3) is 0.486. The zero-order valence-corrected chi connectivity index (χ0v) is 26.8. The van der Waals surface area contributed by atoms with Crippen LogP contribution in [0.2, 0.25) is 0 Å². The highest BCUT2D eigenvalue weighted by molar-refractivity contribution is 5.99. The molecule has 2 aromatic rings. The van der Waals surface area contributed by atoms with E-state index in [1.54, 1.807) is 26.9 Å². The Morgan fingerprint density at radius 2 is 1.49 bits per heavy atom. The van der Waals surface area contributed by atoms with Crippen molar-refractivity contribution in [3.63, 3.8) is 0 Å². The third-order valence-electron chi connectivity index (χ3n) is 9.82. The Hall–Kier alpha value is -3.75. The van der Waals surface area contributed by atoms with Gasteiger partial charge in [0.15, 0.2) is 0 Å². The summed E-state index contributed by atoms with van der Waals surface area (Å²) in [6, 6.07) is 17.9. The Labute approximate surface area is 267 Å². The number of benzene rings is 2. The summed E-state index contributed by atoms with van der Waals surface area (Å²) in [7, 11) is 0. The maximum atomic E-state index is 14.8. The van der Waals surface area contributed by atoms with Crippen LogP contribution in [0, 0.1) is 17.8 Å². The van der Waals surface area contributed by atoms with Crippen molar-refractivity contribution in [2.75, 3.05) is 19.7 Å². The lowest BCUT2D eigenvalue weighted by Crippen LogP contribution is -2.58. The number of aliphatic hydroxyl groups excluding tert-OH is 1. The summed E-state index contributed by atoms with van der Waals surface area (Å²) in [6.07, 6.45) is 4.92. The summed E-state index contributed by atoms with van der Waals surface area (Å²) in [5, 5.41) is 10.6. The standard InChI is InChI=1S/C37H47N3O5/c1-6-20-38(23-27-14-10-8-11-15-27)33(42)30-31-34(43)40(29(25-41)22-26(3)4)32(37(31)19-18-36(30,5)45-37)35(44)39(21-7-2)24-28-16-12-9-13-17-28/h6-17,26,29-32,41H,1-2,18-25H2,3-5H3/t29-,30-,31+,32?,36+,37?/m1/s1. The highest BCUT2D eigenvalue weighted by Crippen LogP contribution is 2.64. The van der Waals surface area contributed by atoms with Crippen molar-refractivity contribution in [2.24, 2.45) is 17.8 Å². The molecule has 3 aliphatic rings. The Morgan fingerprint density at radius 3 is 1.98 bits per heavy atom. The first-order valence-electron chi connectivity index (χ1n) is 16.1. The fourth-order valence-corrected chi connectivity index (χ4v) is 7.99. The van der Waals surface area contributed by atoms with Crippen LogP contribution in [-0.4, -0.2) is 80.5 Å². The Bertz CT molecular complexity index is 1400. The van der Waals surface area contributed by atoms with Gasteiger partial charge in [-0.1, -0.05) is 86.7 Å². The lowest BCUT2D eigenvalue weighted by atomic mass is 9.66. The Balaban J connectivity index is 1.57. The molecule has 0 radical (unpaired) electrons. The SMILES string of the molecule is C=CCN(Cc1ccccc1)C(=O)C1N([C@@H](CO)CC(C)C)C(=O)[C@@H]2[C@H](C(=O)N(CC=C)Cc3ccccc3)[C@]3(C)CCC12O3. The number of likely N-dealkylation sites (tertiary alicyclic amines) is 1. The van der Waals surface area contributed by atoms with Crippen molar-refractivity contribution in [3.8, 4) is 0 Å². The molecular weight excluding hydrogens is 566 g/mol. The first kappa shape index (κ1) is 32.6. The number of rotatable bonds is 14. The number of amides is 3. The highest BCUT2D eigenvalue weighted by atomic mass is 16.5. The van der Waals surface area contributed by atoms with Crippen LogP contribution in [0.15, 0.2) is 86.0 Å². The second kappa shape index (κ2) is 13.3. The number of hydrogen-bond acceptors (Lipinski definition) is 5. The van der Waals surface area contributed by atoms with Crippen molar-refractivity contribution in [2.45, 2.75) is 76.4 Å². The van der Waals surface area contributed by atoms with Crippen LogP contribution in [0.5, 0.6) is 0 Å². The van der Waals surface area contributed by atoms with E-state index < -0.39 is 35.1 Å². The van der Waals surface area contributed by atoms with Crippen molar-refractivity contribution in [1.82, 2.24) is 14.7 Å². The molecule has 2 aromatic carbocycles. The molecule has 3 aliphatic heterocycles. The van der Waals surface area contributed by atoms with Gasteiger partial charge in [-0.2, -0.15) is 0 Å². The van der Waals surface area contributed by atoms with Gasteiger partial charge in [0.1, 0.15) is 11.6 Å². The molecule has 3 fully saturated rings. The van der Waals surface area contributed by atoms with Crippen molar-refractivity contribution in [3.05, 3.63) is 97.1 Å². The number of hydrogen-bond donors (Lipinski definition) is 1. The molecule has 5 rings (SSSR count). The first-order chi connectivity index (χ1) is 21.6. The summed E-state index contributed by atoms with van der Waals surface area (Å²) in [5.74, 6) is -2.16. The smallest absolute Gasteiger partial charge is 0.249 e. The number of carbonyl (C=O) groups is 3. The zero-order valence-electron chi connectivity index (χ0n) is 26.8. The first-order valence-corrected chi connectivity index (χ1v) is 16.1. The van der Waals surface area contributed by atoms with Crippen LogP contribution < -0.4 is 0 Å². The van der Waals surface area contributed by atoms with Gasteiger partial charge in [-0.15, -0.1) is 13.2 Å². The summed E-state index contributed by atoms with van der Waals surface area (Å²) >= 11 is 0. The molecule has 0 saturated carbocycles. The third-order valence-corrected chi connectivity index (χ3v) is 9.82. The van der Waals surface area contributed by atoms with Crippen LogP contribution in [0.25, 0.3) is 0 Å². The average Bonchev–Trinajstić information content (AvgIpc) is 3.60. The van der Waals surface area contributed by atoms with Gasteiger partial charge in [0, 0.05) is 26.2 Å². The number of carbonyl (C=O) groups excluding carboxylic acids is 3. The van der Waals surface area contributed by atoms with E-state index in [9.17, 15) is 19.5 Å². The molecule has 8 heteroatoms. The molecular formula is C37H47N3O5. The quantitative estimate of drug-likeness (QED) is 0.315. The largest absolute Gasteiger partial charge is 0.394 e. The van der Waals surface area contributed by atoms with Gasteiger partial charge < -0.3 is 24.5 Å². The number of ether oxygens (including phenoxy) is 1. The van der Waals surface area contributed by atoms with Gasteiger partial charge in [0.25, 0.3) is 0 Å². The monoisotopic (exact) mass is 613 g/mol. The van der Waals surface area contributed by atoms with Gasteiger partial charge in [0.05, 0.1) is 30.1 Å². The lowest BCUT2D eigenvalue weighted by molar-refractivity contribution is -0.157. The van der Waals surface area contributed by atoms with E-state index in [4.69, 9.17) is 4.74 Å². The van der Waals surface area contributed by atoms with Gasteiger partial charge >= 0.3 is 0 Å². The highest BCUT2D eigenvalue weighted by Gasteiger charge is 2.78. The van der Waals surface area contributed by atoms with E-state index >= 15 is 0 Å². The summed E-state index contributed by atoms with van der Waals surface area (Å²) in [5.41, 5.74) is -0.164. The Kier molecular flexibility index (Phi) is 9.65. The minimum absolute atomic E-state index is 0.165. The van der Waals surface area contributed by atoms with Crippen LogP contribution in [0.1, 0.15) is 51.2 Å². The molecule has 45 heavy (non-hydrogen) atoms. The van der Waals surface area contributed by atoms with Gasteiger partial charge in [-0.25, -0.2) is 0 Å². The normalized spacial score (nSPS) is 27.4. The summed E-state index contributed by atoms with van der Waals surface area (Å²) < 4.78 is 6.91. The third kappa shape index (κ3) is 5.98. The predicted molar refractivity (Wildman–Crippen MR) is 174 cm³/mol. The maximum absolute atomic E-state index is 14.8. The summed E-state index contributed by atoms with van der Waals surface area (Å²) in [4.78, 5) is 49.2. The van der Waals surface area contributed by atoms with Gasteiger partial charge in [0.2, 0.25) is 17.7 Å². The second-order valence-electron chi connectivity index (χ2n) is 13.4. The molecule has 1 N–H and O–H groups in total. The lowest BCUT2D eigenvalue weighted by Gasteiger charge is -2.40. The molecule has 0 aromatic heterocycles. The number of aliphatic hydroxyl groups is 1. The summed E-state index contributed by atoms with van der Waals surface area (Å²) in [6.45, 7) is 14.8. The predicted octanol–water partition coefficient (Wildman–Crippen LogP) is 4.59. The molecule has 0 aliphatic carbocycles. The molecule has 2 unspecified atom stereocenters. The van der Waals surface area contributed by atoms with Crippen molar-refractivity contribution >= 4 is 17.7 Å². The van der Waals surface area contributed by atoms with Gasteiger partial charge in [-0.3, -0.25) is 14.4 Å². The van der Waals surface area contributed by atoms with E-state index in [-0.39, 0.29) is 36.8 Å². The molecule has 2 bridgehead atoms. The topological polar surface area (TPSA) is 90.4 Å². The number of fused-ring (bicyclic) bond motifs is 1. The molecule has 6 atom stereocenters. The molecule has 3 amide bonds. The van der Waals surface area contributed by atoms with Crippen LogP contribution in [0.4, 0.5) is 0 Å². The van der Waals surface area contributed by atoms with Gasteiger partial charge in [-0.05, 0) is 43.2 Å². The molecule has 8 nitrogen and oxygen atoms in total. The Morgan fingerprint density at radius 1 is 0.956 bits per heavy atom. The van der Waals surface area contributed by atoms with E-state index in [2.05, 4.69) is 13.2 Å². The maximum Gasteiger partial charge on any atom is 0.249 e. The molecule has 3 saturated heterocycles. The van der Waals surface area contributed by atoms with E-state index in [0.29, 0.717) is 38.9 Å². The fourth-order valence-electron chi connectivity index (χ4n) is 7.99. The van der Waals surface area contributed by atoms with Crippen LogP contribution in [0.3, 0.4) is 0 Å². The zero-order chi connectivity index (χ0) is 32.4. The van der Waals surface area contributed by atoms with Crippen LogP contribution in [-0.2, 0) is 32.2 Å². The second-order valence-corrected chi connectivity index (χ2v) is 13.4. The minimum Gasteiger partial charge on any atom is -0.394 e. The van der Waals surface area contributed by atoms with E-state index in [1.807, 2.05) is 81.4 Å². The van der Waals surface area contributed by atoms with E-state index in [0.717, 1.165) is 11.1 Å².